The zero-order chi connectivity index (χ0) is 22.2. The Hall–Kier alpha value is -3.42. The standard InChI is InChI=1S/C23H24FN3O4/c1-23(16-7-11-18(31-2)12-8-16)21(29)27(22(30)25-23)14-20(28)26(17-9-10-17)13-15-5-3-4-6-19(15)24/h3-8,11-12,17H,9-10,13-14H2,1-2H3,(H,25,30)/t23-/m1/s1. The van der Waals surface area contributed by atoms with Crippen molar-refractivity contribution in [2.45, 2.75) is 37.9 Å². The second kappa shape index (κ2) is 8.02. The first-order valence-corrected chi connectivity index (χ1v) is 10.1. The number of carbonyl (C=O) groups excluding carboxylic acids is 3. The number of urea groups is 1. The van der Waals surface area contributed by atoms with E-state index in [0.717, 1.165) is 17.7 Å². The van der Waals surface area contributed by atoms with Crippen molar-refractivity contribution >= 4 is 17.8 Å². The number of ether oxygens (including phenoxy) is 1. The van der Waals surface area contributed by atoms with Gasteiger partial charge in [-0.2, -0.15) is 0 Å². The fourth-order valence-electron chi connectivity index (χ4n) is 3.80. The highest BCUT2D eigenvalue weighted by molar-refractivity contribution is 6.09. The molecule has 1 saturated heterocycles. The van der Waals surface area contributed by atoms with Gasteiger partial charge in [0.1, 0.15) is 23.7 Å². The Labute approximate surface area is 179 Å². The number of hydrogen-bond acceptors (Lipinski definition) is 4. The topological polar surface area (TPSA) is 79.0 Å². The molecule has 1 atom stereocenters. The van der Waals surface area contributed by atoms with Gasteiger partial charge < -0.3 is 15.0 Å². The van der Waals surface area contributed by atoms with Crippen molar-refractivity contribution < 1.29 is 23.5 Å². The lowest BCUT2D eigenvalue weighted by atomic mass is 9.92. The number of methoxy groups -OCH3 is 1. The Morgan fingerprint density at radius 1 is 1.19 bits per heavy atom. The van der Waals surface area contributed by atoms with E-state index in [-0.39, 0.29) is 30.9 Å². The molecular formula is C23H24FN3O4. The Kier molecular flexibility index (Phi) is 5.39. The Morgan fingerprint density at radius 2 is 1.87 bits per heavy atom. The summed E-state index contributed by atoms with van der Waals surface area (Å²) in [7, 11) is 1.54. The summed E-state index contributed by atoms with van der Waals surface area (Å²) >= 11 is 0. The van der Waals surface area contributed by atoms with Crippen LogP contribution < -0.4 is 10.1 Å². The third-order valence-corrected chi connectivity index (χ3v) is 5.84. The molecule has 7 nitrogen and oxygen atoms in total. The van der Waals surface area contributed by atoms with Crippen molar-refractivity contribution in [3.63, 3.8) is 0 Å². The molecule has 162 valence electrons. The summed E-state index contributed by atoms with van der Waals surface area (Å²) in [5.41, 5.74) is -0.283. The average molecular weight is 425 g/mol. The third kappa shape index (κ3) is 3.97. The van der Waals surface area contributed by atoms with Crippen LogP contribution in [-0.2, 0) is 21.7 Å². The summed E-state index contributed by atoms with van der Waals surface area (Å²) in [6, 6.07) is 12.5. The summed E-state index contributed by atoms with van der Waals surface area (Å²) in [5.74, 6) is -0.640. The van der Waals surface area contributed by atoms with Crippen molar-refractivity contribution in [2.24, 2.45) is 0 Å². The molecule has 1 heterocycles. The van der Waals surface area contributed by atoms with E-state index in [2.05, 4.69) is 5.32 Å². The van der Waals surface area contributed by atoms with Crippen LogP contribution in [0.15, 0.2) is 48.5 Å². The maximum atomic E-state index is 14.1. The van der Waals surface area contributed by atoms with Gasteiger partial charge in [-0.3, -0.25) is 14.5 Å². The first-order valence-electron chi connectivity index (χ1n) is 10.1. The number of nitrogens with one attached hydrogen (secondary N) is 1. The molecule has 0 bridgehead atoms. The summed E-state index contributed by atoms with van der Waals surface area (Å²) in [6.45, 7) is 1.33. The lowest BCUT2D eigenvalue weighted by Gasteiger charge is -2.26. The minimum Gasteiger partial charge on any atom is -0.497 e. The van der Waals surface area contributed by atoms with Gasteiger partial charge in [-0.05, 0) is 43.5 Å². The van der Waals surface area contributed by atoms with Gasteiger partial charge in [0.25, 0.3) is 5.91 Å². The van der Waals surface area contributed by atoms with Crippen LogP contribution in [0.25, 0.3) is 0 Å². The predicted molar refractivity (Wildman–Crippen MR) is 111 cm³/mol. The molecule has 2 fully saturated rings. The van der Waals surface area contributed by atoms with Crippen molar-refractivity contribution in [2.75, 3.05) is 13.7 Å². The van der Waals surface area contributed by atoms with Gasteiger partial charge in [-0.1, -0.05) is 30.3 Å². The summed E-state index contributed by atoms with van der Waals surface area (Å²) in [4.78, 5) is 41.2. The smallest absolute Gasteiger partial charge is 0.325 e. The Morgan fingerprint density at radius 3 is 2.48 bits per heavy atom. The highest BCUT2D eigenvalue weighted by atomic mass is 19.1. The molecule has 4 amide bonds. The lowest BCUT2D eigenvalue weighted by molar-refractivity contribution is -0.139. The van der Waals surface area contributed by atoms with Crippen molar-refractivity contribution in [3.05, 3.63) is 65.5 Å². The molecular weight excluding hydrogens is 401 g/mol. The molecule has 2 aliphatic rings. The molecule has 1 aliphatic carbocycles. The molecule has 1 saturated carbocycles. The van der Waals surface area contributed by atoms with Gasteiger partial charge >= 0.3 is 6.03 Å². The number of halogens is 1. The van der Waals surface area contributed by atoms with E-state index in [4.69, 9.17) is 4.74 Å². The Bertz CT molecular complexity index is 1020. The fraction of sp³-hybridized carbons (Fsp3) is 0.348. The Balaban J connectivity index is 1.51. The van der Waals surface area contributed by atoms with E-state index in [1.807, 2.05) is 0 Å². The number of imide groups is 1. The quantitative estimate of drug-likeness (QED) is 0.692. The molecule has 2 aromatic carbocycles. The van der Waals surface area contributed by atoms with Crippen molar-refractivity contribution in [1.82, 2.24) is 15.1 Å². The highest BCUT2D eigenvalue weighted by Crippen LogP contribution is 2.32. The SMILES string of the molecule is COc1ccc([C@@]2(C)NC(=O)N(CC(=O)N(Cc3ccccc3F)C3CC3)C2=O)cc1. The van der Waals surface area contributed by atoms with Gasteiger partial charge in [0.2, 0.25) is 5.91 Å². The minimum atomic E-state index is -1.28. The summed E-state index contributed by atoms with van der Waals surface area (Å²) in [5, 5.41) is 2.70. The molecule has 0 radical (unpaired) electrons. The molecule has 2 aromatic rings. The zero-order valence-electron chi connectivity index (χ0n) is 17.4. The maximum Gasteiger partial charge on any atom is 0.325 e. The number of benzene rings is 2. The largest absolute Gasteiger partial charge is 0.497 e. The van der Waals surface area contributed by atoms with Crippen molar-refractivity contribution in [3.8, 4) is 5.75 Å². The third-order valence-electron chi connectivity index (χ3n) is 5.84. The molecule has 1 aliphatic heterocycles. The van der Waals surface area contributed by atoms with Crippen LogP contribution in [0.1, 0.15) is 30.9 Å². The highest BCUT2D eigenvalue weighted by Gasteiger charge is 2.50. The first kappa shape index (κ1) is 20.8. The van der Waals surface area contributed by atoms with Crippen LogP contribution in [0.2, 0.25) is 0 Å². The van der Waals surface area contributed by atoms with E-state index >= 15 is 0 Å². The molecule has 0 spiro atoms. The number of nitrogens with zero attached hydrogens (tertiary/aromatic N) is 2. The normalized spacial score (nSPS) is 20.5. The molecule has 0 aromatic heterocycles. The lowest BCUT2D eigenvalue weighted by Crippen LogP contribution is -2.45. The molecule has 31 heavy (non-hydrogen) atoms. The minimum absolute atomic E-state index is 0.000782. The van der Waals surface area contributed by atoms with E-state index in [1.54, 1.807) is 61.4 Å². The number of carbonyl (C=O) groups is 3. The van der Waals surface area contributed by atoms with Crippen LogP contribution >= 0.6 is 0 Å². The van der Waals surface area contributed by atoms with E-state index < -0.39 is 17.5 Å². The van der Waals surface area contributed by atoms with E-state index in [0.29, 0.717) is 16.9 Å². The molecule has 4 rings (SSSR count). The zero-order valence-corrected chi connectivity index (χ0v) is 17.4. The van der Waals surface area contributed by atoms with Crippen LogP contribution in [0.3, 0.4) is 0 Å². The van der Waals surface area contributed by atoms with Crippen LogP contribution in [0.4, 0.5) is 9.18 Å². The predicted octanol–water partition coefficient (Wildman–Crippen LogP) is 2.79. The number of hydrogen-bond donors (Lipinski definition) is 1. The van der Waals surface area contributed by atoms with Gasteiger partial charge in [0.05, 0.1) is 7.11 Å². The van der Waals surface area contributed by atoms with Crippen molar-refractivity contribution in [1.29, 1.82) is 0 Å². The average Bonchev–Trinajstić information content (AvgIpc) is 3.58. The van der Waals surface area contributed by atoms with Gasteiger partial charge in [-0.15, -0.1) is 0 Å². The first-order chi connectivity index (χ1) is 14.8. The van der Waals surface area contributed by atoms with Gasteiger partial charge in [-0.25, -0.2) is 9.18 Å². The molecule has 0 unspecified atom stereocenters. The maximum absolute atomic E-state index is 14.1. The number of rotatable bonds is 7. The summed E-state index contributed by atoms with van der Waals surface area (Å²) in [6.07, 6.45) is 1.65. The van der Waals surface area contributed by atoms with E-state index in [9.17, 15) is 18.8 Å². The van der Waals surface area contributed by atoms with Gasteiger partial charge in [0.15, 0.2) is 0 Å². The summed E-state index contributed by atoms with van der Waals surface area (Å²) < 4.78 is 19.2. The second-order valence-corrected chi connectivity index (χ2v) is 8.02. The molecule has 8 heteroatoms. The van der Waals surface area contributed by atoms with E-state index in [1.165, 1.54) is 6.07 Å². The molecule has 1 N–H and O–H groups in total. The van der Waals surface area contributed by atoms with Crippen LogP contribution in [0.5, 0.6) is 5.75 Å². The van der Waals surface area contributed by atoms with Crippen LogP contribution in [0, 0.1) is 5.82 Å². The number of amides is 4. The monoisotopic (exact) mass is 425 g/mol. The fourth-order valence-corrected chi connectivity index (χ4v) is 3.80. The van der Waals surface area contributed by atoms with Gasteiger partial charge in [0, 0.05) is 18.2 Å². The van der Waals surface area contributed by atoms with Crippen LogP contribution in [-0.4, -0.2) is 47.3 Å². The second-order valence-electron chi connectivity index (χ2n) is 8.02.